The molecule has 1 aromatic carbocycles. The Balaban J connectivity index is 1.63. The molecule has 2 aromatic rings. The van der Waals surface area contributed by atoms with E-state index in [2.05, 4.69) is 10.1 Å². The van der Waals surface area contributed by atoms with E-state index in [9.17, 15) is 18.4 Å². The van der Waals surface area contributed by atoms with E-state index in [1.807, 2.05) is 0 Å². The Hall–Kier alpha value is -2.66. The standard InChI is InChI=1S/C20H25F2N4O6P/c1-13(2)30-17(27)11-24-33(32-14-6-4-3-5-7-14)29-12-15-10-20(21,22)18(31-15)26-9-8-16(23)25-19(26)28/h3-9,13,15,18,24H,10-12H2,1-2H3,(H2,23,25,28). The summed E-state index contributed by atoms with van der Waals surface area (Å²) in [6, 6.07) is 9.90. The van der Waals surface area contributed by atoms with Gasteiger partial charge in [-0.25, -0.2) is 18.7 Å². The smallest absolute Gasteiger partial charge is 0.351 e. The zero-order chi connectivity index (χ0) is 24.0. The number of aromatic nitrogens is 2. The number of nitrogen functional groups attached to an aromatic ring is 1. The highest BCUT2D eigenvalue weighted by atomic mass is 31.2. The average Bonchev–Trinajstić information content (AvgIpc) is 3.04. The maximum atomic E-state index is 14.6. The molecule has 2 heterocycles. The van der Waals surface area contributed by atoms with Gasteiger partial charge in [0.25, 0.3) is 5.92 Å². The monoisotopic (exact) mass is 486 g/mol. The molecule has 1 aromatic heterocycles. The SMILES string of the molecule is CC(C)OC(=O)CNP(OCC1CC(F)(F)C(n2ccc(N)nc2=O)O1)Oc1ccccc1. The highest BCUT2D eigenvalue weighted by Gasteiger charge is 2.52. The Morgan fingerprint density at radius 2 is 2.09 bits per heavy atom. The van der Waals surface area contributed by atoms with E-state index in [1.54, 1.807) is 44.2 Å². The van der Waals surface area contributed by atoms with Gasteiger partial charge in [0.15, 0.2) is 0 Å². The summed E-state index contributed by atoms with van der Waals surface area (Å²) in [6.45, 7) is 2.96. The largest absolute Gasteiger partial charge is 0.462 e. The molecule has 0 saturated carbocycles. The van der Waals surface area contributed by atoms with Crippen LogP contribution >= 0.6 is 8.53 Å². The Morgan fingerprint density at radius 1 is 1.36 bits per heavy atom. The number of nitrogens with one attached hydrogen (secondary N) is 1. The molecule has 1 aliphatic rings. The van der Waals surface area contributed by atoms with Gasteiger partial charge in [-0.15, -0.1) is 0 Å². The van der Waals surface area contributed by atoms with Gasteiger partial charge in [-0.1, -0.05) is 18.2 Å². The highest BCUT2D eigenvalue weighted by molar-refractivity contribution is 7.45. The lowest BCUT2D eigenvalue weighted by Gasteiger charge is -2.21. The number of benzene rings is 1. The number of alkyl halides is 2. The molecular weight excluding hydrogens is 461 g/mol. The molecule has 3 N–H and O–H groups in total. The number of carbonyl (C=O) groups is 1. The van der Waals surface area contributed by atoms with Crippen LogP contribution in [0.15, 0.2) is 47.4 Å². The summed E-state index contributed by atoms with van der Waals surface area (Å²) in [5, 5.41) is 2.80. The predicted molar refractivity (Wildman–Crippen MR) is 116 cm³/mol. The fourth-order valence-corrected chi connectivity index (χ4v) is 4.05. The van der Waals surface area contributed by atoms with Gasteiger partial charge in [-0.3, -0.25) is 9.36 Å². The molecule has 0 bridgehead atoms. The van der Waals surface area contributed by atoms with Crippen LogP contribution < -0.4 is 21.0 Å². The van der Waals surface area contributed by atoms with Crippen LogP contribution in [0.25, 0.3) is 0 Å². The number of halogens is 2. The zero-order valence-corrected chi connectivity index (χ0v) is 18.9. The molecule has 3 unspecified atom stereocenters. The Bertz CT molecular complexity index is 994. The lowest BCUT2D eigenvalue weighted by atomic mass is 10.2. The van der Waals surface area contributed by atoms with Gasteiger partial charge < -0.3 is 24.3 Å². The third-order valence-electron chi connectivity index (χ3n) is 4.32. The molecule has 0 aliphatic carbocycles. The fraction of sp³-hybridized carbons (Fsp3) is 0.450. The highest BCUT2D eigenvalue weighted by Crippen LogP contribution is 2.43. The average molecular weight is 486 g/mol. The van der Waals surface area contributed by atoms with Crippen LogP contribution in [0.5, 0.6) is 5.75 Å². The van der Waals surface area contributed by atoms with Crippen molar-refractivity contribution in [3.8, 4) is 5.75 Å². The first-order chi connectivity index (χ1) is 15.6. The third-order valence-corrected chi connectivity index (χ3v) is 5.49. The van der Waals surface area contributed by atoms with Crippen LogP contribution in [0.3, 0.4) is 0 Å². The molecule has 13 heteroatoms. The molecular formula is C20H25F2N4O6P. The van der Waals surface area contributed by atoms with Crippen LogP contribution in [0.1, 0.15) is 26.5 Å². The summed E-state index contributed by atoms with van der Waals surface area (Å²) in [7, 11) is -1.89. The number of hydrogen-bond donors (Lipinski definition) is 2. The first-order valence-corrected chi connectivity index (χ1v) is 11.3. The molecule has 10 nitrogen and oxygen atoms in total. The Morgan fingerprint density at radius 3 is 2.76 bits per heavy atom. The molecule has 3 atom stereocenters. The van der Waals surface area contributed by atoms with E-state index in [0.717, 1.165) is 6.20 Å². The normalized spacial score (nSPS) is 20.5. The van der Waals surface area contributed by atoms with Gasteiger partial charge in [0.1, 0.15) is 18.1 Å². The van der Waals surface area contributed by atoms with E-state index < -0.39 is 44.9 Å². The molecule has 0 amide bonds. The van der Waals surface area contributed by atoms with Crippen molar-refractivity contribution in [1.29, 1.82) is 0 Å². The van der Waals surface area contributed by atoms with Gasteiger partial charge in [-0.05, 0) is 32.0 Å². The maximum Gasteiger partial charge on any atom is 0.351 e. The number of rotatable bonds is 10. The van der Waals surface area contributed by atoms with Crippen LogP contribution in [0.4, 0.5) is 14.6 Å². The minimum atomic E-state index is -3.34. The molecule has 0 radical (unpaired) electrons. The molecule has 33 heavy (non-hydrogen) atoms. The minimum Gasteiger partial charge on any atom is -0.462 e. The summed E-state index contributed by atoms with van der Waals surface area (Å²) < 4.78 is 51.7. The Labute approximate surface area is 190 Å². The summed E-state index contributed by atoms with van der Waals surface area (Å²) >= 11 is 0. The van der Waals surface area contributed by atoms with Crippen LogP contribution in [0, 0.1) is 0 Å². The lowest BCUT2D eigenvalue weighted by molar-refractivity contribution is -0.145. The van der Waals surface area contributed by atoms with Crippen LogP contribution in [-0.2, 0) is 18.8 Å². The van der Waals surface area contributed by atoms with Gasteiger partial charge in [0.2, 0.25) is 6.23 Å². The van der Waals surface area contributed by atoms with Crippen molar-refractivity contribution in [2.75, 3.05) is 18.9 Å². The van der Waals surface area contributed by atoms with Crippen molar-refractivity contribution < 1.29 is 32.1 Å². The number of anilines is 1. The summed E-state index contributed by atoms with van der Waals surface area (Å²) in [5.41, 5.74) is 4.47. The van der Waals surface area contributed by atoms with Gasteiger partial charge in [-0.2, -0.15) is 4.98 Å². The lowest BCUT2D eigenvalue weighted by Crippen LogP contribution is -2.35. The first-order valence-electron chi connectivity index (χ1n) is 10.1. The van der Waals surface area contributed by atoms with Crippen molar-refractivity contribution in [3.63, 3.8) is 0 Å². The second-order valence-corrected chi connectivity index (χ2v) is 8.72. The predicted octanol–water partition coefficient (Wildman–Crippen LogP) is 2.61. The number of para-hydroxylation sites is 1. The van der Waals surface area contributed by atoms with E-state index >= 15 is 0 Å². The van der Waals surface area contributed by atoms with Crippen LogP contribution in [0.2, 0.25) is 0 Å². The molecule has 180 valence electrons. The van der Waals surface area contributed by atoms with E-state index in [-0.39, 0.29) is 25.1 Å². The summed E-state index contributed by atoms with van der Waals surface area (Å²) in [4.78, 5) is 27.3. The maximum absolute atomic E-state index is 14.6. The van der Waals surface area contributed by atoms with Crippen LogP contribution in [-0.4, -0.2) is 46.8 Å². The number of nitrogens with two attached hydrogens (primary N) is 1. The van der Waals surface area contributed by atoms with Gasteiger partial charge in [0, 0.05) is 12.6 Å². The quantitative estimate of drug-likeness (QED) is 0.385. The van der Waals surface area contributed by atoms with Gasteiger partial charge >= 0.3 is 20.2 Å². The first kappa shape index (κ1) is 25.0. The van der Waals surface area contributed by atoms with E-state index in [4.69, 9.17) is 24.3 Å². The van der Waals surface area contributed by atoms with Crippen molar-refractivity contribution >= 4 is 20.3 Å². The second kappa shape index (κ2) is 11.0. The third kappa shape index (κ3) is 7.16. The van der Waals surface area contributed by atoms with E-state index in [0.29, 0.717) is 10.3 Å². The second-order valence-electron chi connectivity index (χ2n) is 7.45. The fourth-order valence-electron chi connectivity index (χ4n) is 2.97. The van der Waals surface area contributed by atoms with Gasteiger partial charge in [0.05, 0.1) is 18.8 Å². The summed E-state index contributed by atoms with van der Waals surface area (Å²) in [5.74, 6) is -3.48. The number of nitrogens with zero attached hydrogens (tertiary/aromatic N) is 2. The minimum absolute atomic E-state index is 0.0804. The van der Waals surface area contributed by atoms with E-state index in [1.165, 1.54) is 6.07 Å². The summed E-state index contributed by atoms with van der Waals surface area (Å²) in [6.07, 6.45) is -2.75. The molecule has 1 fully saturated rings. The van der Waals surface area contributed by atoms with Crippen molar-refractivity contribution in [2.24, 2.45) is 0 Å². The van der Waals surface area contributed by atoms with Crippen molar-refractivity contribution in [1.82, 2.24) is 14.6 Å². The molecule has 0 spiro atoms. The molecule has 3 rings (SSSR count). The number of hydrogen-bond acceptors (Lipinski definition) is 9. The zero-order valence-electron chi connectivity index (χ0n) is 18.0. The number of ether oxygens (including phenoxy) is 2. The Kier molecular flexibility index (Phi) is 8.30. The molecule has 1 saturated heterocycles. The van der Waals surface area contributed by atoms with Crippen molar-refractivity contribution in [2.45, 2.75) is 44.6 Å². The molecule has 1 aliphatic heterocycles. The number of carbonyl (C=O) groups excluding carboxylic acids is 1. The van der Waals surface area contributed by atoms with Crippen molar-refractivity contribution in [3.05, 3.63) is 53.1 Å². The number of esters is 1. The topological polar surface area (TPSA) is 127 Å².